The number of hydrogen-bond acceptors (Lipinski definition) is 5. The second kappa shape index (κ2) is 6.45. The van der Waals surface area contributed by atoms with E-state index in [0.29, 0.717) is 25.5 Å². The number of rotatable bonds is 4. The zero-order chi connectivity index (χ0) is 16.4. The van der Waals surface area contributed by atoms with E-state index in [1.54, 1.807) is 11.7 Å². The number of nitrogens with one attached hydrogen (secondary N) is 1. The molecule has 8 nitrogen and oxygen atoms in total. The standard InChI is InChI=1S/C14H23N5O3/c1-9(2)12-13-15-10(14(21)16-22)7-18(13)5-6-19(12)11(20)8-17(3)4/h7,9,12,22H,5-6,8H2,1-4H3,(H,16,21). The minimum Gasteiger partial charge on any atom is -0.331 e. The fourth-order valence-electron chi connectivity index (χ4n) is 2.81. The van der Waals surface area contributed by atoms with Crippen LogP contribution in [0.2, 0.25) is 0 Å². The fourth-order valence-corrected chi connectivity index (χ4v) is 2.81. The normalized spacial score (nSPS) is 17.8. The summed E-state index contributed by atoms with van der Waals surface area (Å²) in [6, 6.07) is -0.179. The maximum atomic E-state index is 12.5. The Kier molecular flexibility index (Phi) is 4.82. The van der Waals surface area contributed by atoms with Gasteiger partial charge in [0.25, 0.3) is 5.91 Å². The van der Waals surface area contributed by atoms with Gasteiger partial charge in [0.15, 0.2) is 0 Å². The summed E-state index contributed by atoms with van der Waals surface area (Å²) in [5, 5.41) is 8.74. The molecule has 2 rings (SSSR count). The molecule has 0 saturated heterocycles. The highest BCUT2D eigenvalue weighted by atomic mass is 16.5. The Balaban J connectivity index is 2.34. The van der Waals surface area contributed by atoms with E-state index in [1.807, 2.05) is 42.3 Å². The van der Waals surface area contributed by atoms with Crippen molar-refractivity contribution >= 4 is 11.8 Å². The van der Waals surface area contributed by atoms with Gasteiger partial charge < -0.3 is 14.4 Å². The molecule has 0 aromatic carbocycles. The first-order chi connectivity index (χ1) is 10.3. The Hall–Kier alpha value is -1.93. The summed E-state index contributed by atoms with van der Waals surface area (Å²) in [6.07, 6.45) is 1.62. The number of imidazole rings is 1. The first kappa shape index (κ1) is 16.4. The SMILES string of the molecule is CC(C)C1c2nc(C(=O)NO)cn2CCN1C(=O)CN(C)C. The molecule has 1 aromatic rings. The van der Waals surface area contributed by atoms with Crippen molar-refractivity contribution in [3.05, 3.63) is 17.7 Å². The topological polar surface area (TPSA) is 90.7 Å². The number of hydroxylamine groups is 1. The maximum absolute atomic E-state index is 12.5. The van der Waals surface area contributed by atoms with E-state index in [4.69, 9.17) is 5.21 Å². The van der Waals surface area contributed by atoms with Gasteiger partial charge in [0.1, 0.15) is 11.5 Å². The first-order valence-electron chi connectivity index (χ1n) is 7.30. The van der Waals surface area contributed by atoms with Gasteiger partial charge in [0.2, 0.25) is 5.91 Å². The van der Waals surface area contributed by atoms with Crippen LogP contribution in [0.3, 0.4) is 0 Å². The number of amides is 2. The van der Waals surface area contributed by atoms with Gasteiger partial charge in [-0.2, -0.15) is 0 Å². The lowest BCUT2D eigenvalue weighted by molar-refractivity contribution is -0.136. The third kappa shape index (κ3) is 3.12. The number of fused-ring (bicyclic) bond motifs is 1. The number of carbonyl (C=O) groups is 2. The average Bonchev–Trinajstić information content (AvgIpc) is 2.87. The summed E-state index contributed by atoms with van der Waals surface area (Å²) >= 11 is 0. The molecule has 0 radical (unpaired) electrons. The van der Waals surface area contributed by atoms with Crippen molar-refractivity contribution in [2.75, 3.05) is 27.2 Å². The molecule has 1 unspecified atom stereocenters. The molecule has 2 heterocycles. The van der Waals surface area contributed by atoms with Crippen LogP contribution in [0.4, 0.5) is 0 Å². The highest BCUT2D eigenvalue weighted by Crippen LogP contribution is 2.31. The van der Waals surface area contributed by atoms with Gasteiger partial charge in [0.05, 0.1) is 12.6 Å². The van der Waals surface area contributed by atoms with Crippen molar-refractivity contribution < 1.29 is 14.8 Å². The average molecular weight is 309 g/mol. The molecule has 0 aliphatic carbocycles. The molecule has 0 spiro atoms. The molecule has 0 bridgehead atoms. The number of nitrogens with zero attached hydrogens (tertiary/aromatic N) is 4. The Morgan fingerprint density at radius 1 is 1.45 bits per heavy atom. The number of hydrogen-bond donors (Lipinski definition) is 2. The molecule has 8 heteroatoms. The van der Waals surface area contributed by atoms with Gasteiger partial charge in [-0.25, -0.2) is 10.5 Å². The molecule has 1 aromatic heterocycles. The van der Waals surface area contributed by atoms with E-state index >= 15 is 0 Å². The number of likely N-dealkylation sites (N-methyl/N-ethyl adjacent to an activating group) is 1. The third-order valence-electron chi connectivity index (χ3n) is 3.73. The summed E-state index contributed by atoms with van der Waals surface area (Å²) in [6.45, 7) is 5.56. The van der Waals surface area contributed by atoms with Gasteiger partial charge >= 0.3 is 0 Å². The highest BCUT2D eigenvalue weighted by molar-refractivity contribution is 5.91. The third-order valence-corrected chi connectivity index (χ3v) is 3.73. The molecular formula is C14H23N5O3. The molecule has 0 saturated carbocycles. The van der Waals surface area contributed by atoms with Crippen molar-refractivity contribution in [1.29, 1.82) is 0 Å². The molecule has 1 aliphatic rings. The predicted molar refractivity (Wildman–Crippen MR) is 79.3 cm³/mol. The first-order valence-corrected chi connectivity index (χ1v) is 7.30. The van der Waals surface area contributed by atoms with E-state index in [1.165, 1.54) is 0 Å². The second-order valence-corrected chi connectivity index (χ2v) is 6.13. The van der Waals surface area contributed by atoms with Gasteiger partial charge in [-0.1, -0.05) is 13.8 Å². The van der Waals surface area contributed by atoms with Crippen LogP contribution in [0.25, 0.3) is 0 Å². The number of aromatic nitrogens is 2. The van der Waals surface area contributed by atoms with Crippen LogP contribution < -0.4 is 5.48 Å². The second-order valence-electron chi connectivity index (χ2n) is 6.13. The Bertz CT molecular complexity index is 567. The minimum atomic E-state index is -0.643. The molecule has 1 atom stereocenters. The fraction of sp³-hybridized carbons (Fsp3) is 0.643. The van der Waals surface area contributed by atoms with Crippen molar-refractivity contribution in [3.8, 4) is 0 Å². The van der Waals surface area contributed by atoms with Crippen LogP contribution in [0.15, 0.2) is 6.20 Å². The number of carbonyl (C=O) groups excluding carboxylic acids is 2. The molecule has 0 fully saturated rings. The van der Waals surface area contributed by atoms with Crippen LogP contribution in [0.5, 0.6) is 0 Å². The maximum Gasteiger partial charge on any atom is 0.294 e. The van der Waals surface area contributed by atoms with Gasteiger partial charge in [-0.05, 0) is 20.0 Å². The molecule has 22 heavy (non-hydrogen) atoms. The van der Waals surface area contributed by atoms with Crippen LogP contribution >= 0.6 is 0 Å². The van der Waals surface area contributed by atoms with Crippen molar-refractivity contribution in [2.45, 2.75) is 26.4 Å². The predicted octanol–water partition coefficient (Wildman–Crippen LogP) is 0.103. The quantitative estimate of drug-likeness (QED) is 0.608. The minimum absolute atomic E-state index is 0.0473. The van der Waals surface area contributed by atoms with Crippen LogP contribution in [0.1, 0.15) is 36.2 Å². The lowest BCUT2D eigenvalue weighted by atomic mass is 9.99. The zero-order valence-corrected chi connectivity index (χ0v) is 13.4. The zero-order valence-electron chi connectivity index (χ0n) is 13.4. The van der Waals surface area contributed by atoms with E-state index in [2.05, 4.69) is 4.98 Å². The summed E-state index contributed by atoms with van der Waals surface area (Å²) in [5.74, 6) is 0.256. The van der Waals surface area contributed by atoms with Gasteiger partial charge in [-0.3, -0.25) is 14.8 Å². The molecule has 122 valence electrons. The summed E-state index contributed by atoms with van der Waals surface area (Å²) in [5.41, 5.74) is 1.75. The smallest absolute Gasteiger partial charge is 0.294 e. The van der Waals surface area contributed by atoms with E-state index in [9.17, 15) is 9.59 Å². The van der Waals surface area contributed by atoms with Crippen LogP contribution in [-0.4, -0.2) is 63.6 Å². The van der Waals surface area contributed by atoms with Crippen molar-refractivity contribution in [2.24, 2.45) is 5.92 Å². The lowest BCUT2D eigenvalue weighted by Crippen LogP contribution is -2.47. The molecule has 1 aliphatic heterocycles. The van der Waals surface area contributed by atoms with E-state index < -0.39 is 5.91 Å². The molecule has 2 N–H and O–H groups in total. The highest BCUT2D eigenvalue weighted by Gasteiger charge is 2.35. The summed E-state index contributed by atoms with van der Waals surface area (Å²) < 4.78 is 1.88. The Morgan fingerprint density at radius 3 is 2.68 bits per heavy atom. The Labute approximate surface area is 129 Å². The lowest BCUT2D eigenvalue weighted by Gasteiger charge is -2.38. The Morgan fingerprint density at radius 2 is 2.14 bits per heavy atom. The van der Waals surface area contributed by atoms with E-state index in [0.717, 1.165) is 0 Å². The van der Waals surface area contributed by atoms with E-state index in [-0.39, 0.29) is 23.6 Å². The monoisotopic (exact) mass is 309 g/mol. The van der Waals surface area contributed by atoms with Gasteiger partial charge in [-0.15, -0.1) is 0 Å². The molecule has 2 amide bonds. The molecular weight excluding hydrogens is 286 g/mol. The van der Waals surface area contributed by atoms with Gasteiger partial charge in [0, 0.05) is 19.3 Å². The largest absolute Gasteiger partial charge is 0.331 e. The summed E-state index contributed by atoms with van der Waals surface area (Å²) in [4.78, 5) is 32.0. The van der Waals surface area contributed by atoms with Crippen molar-refractivity contribution in [3.63, 3.8) is 0 Å². The van der Waals surface area contributed by atoms with Crippen LogP contribution in [0, 0.1) is 5.92 Å². The summed E-state index contributed by atoms with van der Waals surface area (Å²) in [7, 11) is 3.72. The van der Waals surface area contributed by atoms with Crippen molar-refractivity contribution in [1.82, 2.24) is 24.8 Å². The van der Waals surface area contributed by atoms with Crippen LogP contribution in [-0.2, 0) is 11.3 Å².